The molecule has 0 atom stereocenters. The van der Waals surface area contributed by atoms with Gasteiger partial charge in [0.15, 0.2) is 16.4 Å². The molecule has 1 N–H and O–H groups in total. The van der Waals surface area contributed by atoms with Gasteiger partial charge in [-0.3, -0.25) is 18.9 Å². The highest BCUT2D eigenvalue weighted by molar-refractivity contribution is 7.17. The fraction of sp³-hybridized carbons (Fsp3) is 0.458. The minimum atomic E-state index is -0.617. The molecular formula is C24H29Cl2N3O3S. The van der Waals surface area contributed by atoms with E-state index >= 15 is 0 Å². The van der Waals surface area contributed by atoms with Crippen LogP contribution in [0.3, 0.4) is 0 Å². The lowest BCUT2D eigenvalue weighted by atomic mass is 10.1. The van der Waals surface area contributed by atoms with Gasteiger partial charge in [-0.1, -0.05) is 67.3 Å². The molecule has 178 valence electrons. The van der Waals surface area contributed by atoms with E-state index in [-0.39, 0.29) is 17.9 Å². The summed E-state index contributed by atoms with van der Waals surface area (Å²) < 4.78 is 1.34. The van der Waals surface area contributed by atoms with E-state index in [4.69, 9.17) is 23.2 Å². The molecule has 3 aromatic rings. The average Bonchev–Trinajstić information content (AvgIpc) is 3.21. The first-order valence-electron chi connectivity index (χ1n) is 11.3. The Morgan fingerprint density at radius 3 is 2.48 bits per heavy atom. The first-order chi connectivity index (χ1) is 15.8. The van der Waals surface area contributed by atoms with E-state index in [1.165, 1.54) is 15.7 Å². The van der Waals surface area contributed by atoms with E-state index in [0.717, 1.165) is 55.8 Å². The number of Topliss-reactive ketones (excluding diaryl/α,β-unsaturated/α-hetero) is 1. The number of hydrogen-bond donors (Lipinski definition) is 1. The summed E-state index contributed by atoms with van der Waals surface area (Å²) in [6.07, 6.45) is 6.69. The van der Waals surface area contributed by atoms with Gasteiger partial charge in [-0.05, 0) is 50.0 Å². The topological polar surface area (TPSA) is 74.9 Å². The molecule has 9 heteroatoms. The van der Waals surface area contributed by atoms with Crippen LogP contribution in [-0.4, -0.2) is 38.3 Å². The van der Waals surface area contributed by atoms with Crippen LogP contribution in [0.4, 0.5) is 0 Å². The molecule has 0 unspecified atom stereocenters. The maximum atomic E-state index is 12.8. The largest absolute Gasteiger partial charge is 0.501 e. The van der Waals surface area contributed by atoms with E-state index in [0.29, 0.717) is 21.4 Å². The second kappa shape index (κ2) is 12.0. The highest BCUT2D eigenvalue weighted by Crippen LogP contribution is 2.25. The average molecular weight is 510 g/mol. The molecule has 0 aliphatic rings. The van der Waals surface area contributed by atoms with Gasteiger partial charge in [0.25, 0.3) is 0 Å². The third-order valence-electron chi connectivity index (χ3n) is 5.48. The third-order valence-corrected chi connectivity index (χ3v) is 7.19. The predicted molar refractivity (Wildman–Crippen MR) is 135 cm³/mol. The van der Waals surface area contributed by atoms with Gasteiger partial charge in [0.1, 0.15) is 0 Å². The molecule has 0 bridgehead atoms. The summed E-state index contributed by atoms with van der Waals surface area (Å²) in [6, 6.07) is 5.17. The number of benzene rings is 1. The van der Waals surface area contributed by atoms with Crippen LogP contribution in [-0.2, 0) is 13.0 Å². The third kappa shape index (κ3) is 6.57. The Morgan fingerprint density at radius 2 is 1.85 bits per heavy atom. The molecule has 2 aromatic heterocycles. The van der Waals surface area contributed by atoms with Crippen LogP contribution >= 0.6 is 34.5 Å². The first kappa shape index (κ1) is 25.7. The number of aryl methyl sites for hydroxylation is 1. The standard InChI is InChI=1S/C24H29Cl2N3O3S/c1-3-5-11-28(12-6-4-2)14-17-15-29-23(32)22(31)21(27-24(29)33-17)20(30)10-8-16-7-9-18(25)19(26)13-16/h7,9,13,15,31H,3-6,8,10-12,14H2,1-2H3. The number of carbonyl (C=O) groups is 1. The van der Waals surface area contributed by atoms with Gasteiger partial charge >= 0.3 is 5.56 Å². The zero-order valence-corrected chi connectivity index (χ0v) is 21.3. The van der Waals surface area contributed by atoms with Crippen molar-refractivity contribution in [1.29, 1.82) is 0 Å². The lowest BCUT2D eigenvalue weighted by Crippen LogP contribution is -2.25. The number of aromatic nitrogens is 2. The van der Waals surface area contributed by atoms with Gasteiger partial charge in [-0.2, -0.15) is 0 Å². The van der Waals surface area contributed by atoms with Crippen molar-refractivity contribution in [3.05, 3.63) is 60.9 Å². The monoisotopic (exact) mass is 509 g/mol. The molecule has 0 saturated heterocycles. The number of carbonyl (C=O) groups excluding carboxylic acids is 1. The second-order valence-electron chi connectivity index (χ2n) is 8.12. The van der Waals surface area contributed by atoms with Crippen molar-refractivity contribution >= 4 is 45.3 Å². The van der Waals surface area contributed by atoms with Crippen molar-refractivity contribution < 1.29 is 9.90 Å². The number of aromatic hydroxyl groups is 1. The lowest BCUT2D eigenvalue weighted by molar-refractivity contribution is 0.0975. The molecular weight excluding hydrogens is 481 g/mol. The molecule has 0 radical (unpaired) electrons. The Bertz CT molecular complexity index is 1170. The molecule has 1 aromatic carbocycles. The molecule has 0 aliphatic carbocycles. The van der Waals surface area contributed by atoms with E-state index in [2.05, 4.69) is 23.7 Å². The highest BCUT2D eigenvalue weighted by Gasteiger charge is 2.20. The number of unbranched alkanes of at least 4 members (excludes halogenated alkanes) is 2. The zero-order valence-electron chi connectivity index (χ0n) is 18.9. The molecule has 3 rings (SSSR count). The fourth-order valence-corrected chi connectivity index (χ4v) is 4.90. The highest BCUT2D eigenvalue weighted by atomic mass is 35.5. The van der Waals surface area contributed by atoms with Crippen molar-refractivity contribution in [2.24, 2.45) is 0 Å². The Hall–Kier alpha value is -1.93. The predicted octanol–water partition coefficient (Wildman–Crippen LogP) is 5.99. The Morgan fingerprint density at radius 1 is 1.15 bits per heavy atom. The van der Waals surface area contributed by atoms with Crippen LogP contribution in [0, 0.1) is 0 Å². The Balaban J connectivity index is 1.79. The SMILES string of the molecule is CCCCN(CCCC)Cc1cn2c(=O)c(O)c(C(=O)CCc3ccc(Cl)c(Cl)c3)nc2s1. The summed E-state index contributed by atoms with van der Waals surface area (Å²) in [6.45, 7) is 7.05. The van der Waals surface area contributed by atoms with Gasteiger partial charge in [0, 0.05) is 24.0 Å². The van der Waals surface area contributed by atoms with Crippen LogP contribution in [0.25, 0.3) is 4.96 Å². The molecule has 6 nitrogen and oxygen atoms in total. The summed E-state index contributed by atoms with van der Waals surface area (Å²) in [5.41, 5.74) is 0.0454. The number of ketones is 1. The van der Waals surface area contributed by atoms with Gasteiger partial charge in [-0.25, -0.2) is 4.98 Å². The summed E-state index contributed by atoms with van der Waals surface area (Å²) in [7, 11) is 0. The van der Waals surface area contributed by atoms with Crippen LogP contribution in [0.15, 0.2) is 29.2 Å². The van der Waals surface area contributed by atoms with E-state index in [1.54, 1.807) is 24.4 Å². The van der Waals surface area contributed by atoms with Crippen molar-refractivity contribution in [3.8, 4) is 5.75 Å². The number of thiazole rings is 1. The first-order valence-corrected chi connectivity index (χ1v) is 12.8. The van der Waals surface area contributed by atoms with Gasteiger partial charge < -0.3 is 5.11 Å². The summed E-state index contributed by atoms with van der Waals surface area (Å²) in [5.74, 6) is -0.995. The second-order valence-corrected chi connectivity index (χ2v) is 10.0. The van der Waals surface area contributed by atoms with Crippen LogP contribution in [0.1, 0.15) is 66.9 Å². The Kier molecular flexibility index (Phi) is 9.32. The molecule has 0 amide bonds. The van der Waals surface area contributed by atoms with Gasteiger partial charge in [0.05, 0.1) is 10.0 Å². The maximum Gasteiger partial charge on any atom is 0.301 e. The van der Waals surface area contributed by atoms with Crippen molar-refractivity contribution in [1.82, 2.24) is 14.3 Å². The molecule has 0 spiro atoms. The fourth-order valence-electron chi connectivity index (χ4n) is 3.57. The zero-order chi connectivity index (χ0) is 24.0. The molecule has 0 saturated carbocycles. The van der Waals surface area contributed by atoms with E-state index < -0.39 is 11.3 Å². The van der Waals surface area contributed by atoms with Crippen molar-refractivity contribution in [3.63, 3.8) is 0 Å². The molecule has 0 fully saturated rings. The minimum absolute atomic E-state index is 0.0914. The Labute approximate surface area is 207 Å². The van der Waals surface area contributed by atoms with Crippen LogP contribution < -0.4 is 5.56 Å². The number of fused-ring (bicyclic) bond motifs is 1. The number of halogens is 2. The van der Waals surface area contributed by atoms with Crippen molar-refractivity contribution in [2.45, 2.75) is 58.9 Å². The van der Waals surface area contributed by atoms with E-state index in [1.807, 2.05) is 0 Å². The molecule has 0 aliphatic heterocycles. The quantitative estimate of drug-likeness (QED) is 0.303. The van der Waals surface area contributed by atoms with Crippen LogP contribution in [0.5, 0.6) is 5.75 Å². The van der Waals surface area contributed by atoms with E-state index in [9.17, 15) is 14.7 Å². The maximum absolute atomic E-state index is 12.8. The summed E-state index contributed by atoms with van der Waals surface area (Å²) >= 11 is 13.4. The summed E-state index contributed by atoms with van der Waals surface area (Å²) in [5, 5.41) is 11.3. The number of rotatable bonds is 12. The smallest absolute Gasteiger partial charge is 0.301 e. The van der Waals surface area contributed by atoms with Gasteiger partial charge in [0.2, 0.25) is 5.75 Å². The molecule has 33 heavy (non-hydrogen) atoms. The number of nitrogens with zero attached hydrogens (tertiary/aromatic N) is 3. The van der Waals surface area contributed by atoms with Crippen molar-refractivity contribution in [2.75, 3.05) is 13.1 Å². The van der Waals surface area contributed by atoms with Gasteiger partial charge in [-0.15, -0.1) is 0 Å². The summed E-state index contributed by atoms with van der Waals surface area (Å²) in [4.78, 5) is 33.6. The van der Waals surface area contributed by atoms with Crippen LogP contribution in [0.2, 0.25) is 10.0 Å². The lowest BCUT2D eigenvalue weighted by Gasteiger charge is -2.20. The molecule has 2 heterocycles. The normalized spacial score (nSPS) is 11.5. The number of hydrogen-bond acceptors (Lipinski definition) is 6. The minimum Gasteiger partial charge on any atom is -0.501 e.